The van der Waals surface area contributed by atoms with E-state index in [1.807, 2.05) is 0 Å². The highest BCUT2D eigenvalue weighted by molar-refractivity contribution is 5.88. The van der Waals surface area contributed by atoms with Crippen molar-refractivity contribution in [2.45, 2.75) is 18.8 Å². The Kier molecular flexibility index (Phi) is 3.19. The summed E-state index contributed by atoms with van der Waals surface area (Å²) < 4.78 is 4.68. The van der Waals surface area contributed by atoms with E-state index in [-0.39, 0.29) is 0 Å². The summed E-state index contributed by atoms with van der Waals surface area (Å²) in [5.74, 6) is -0.105. The number of rotatable bonds is 2. The molecule has 1 aromatic heterocycles. The smallest absolute Gasteiger partial charge is 0.360 e. The Bertz CT molecular complexity index is 369. The number of methoxy groups -OCH3 is 1. The number of ether oxygens (including phenoxy) is 1. The summed E-state index contributed by atoms with van der Waals surface area (Å²) in [6, 6.07) is 0. The van der Waals surface area contributed by atoms with E-state index < -0.39 is 5.97 Å². The number of H-pyrrole nitrogens is 1. The van der Waals surface area contributed by atoms with Crippen molar-refractivity contribution < 1.29 is 9.53 Å². The molecule has 2 heterocycles. The van der Waals surface area contributed by atoms with Crippen molar-refractivity contribution >= 4 is 5.97 Å². The third-order valence-electron chi connectivity index (χ3n) is 3.06. The molecular weight excluding hydrogens is 208 g/mol. The minimum absolute atomic E-state index is 0.309. The first-order valence-electron chi connectivity index (χ1n) is 5.40. The van der Waals surface area contributed by atoms with Crippen LogP contribution in [0.2, 0.25) is 0 Å². The van der Waals surface area contributed by atoms with E-state index in [4.69, 9.17) is 0 Å². The van der Waals surface area contributed by atoms with E-state index in [0.29, 0.717) is 11.6 Å². The molecule has 0 unspecified atom stereocenters. The third-order valence-corrected chi connectivity index (χ3v) is 3.06. The number of nitrogens with zero attached hydrogens (tertiary/aromatic N) is 3. The number of likely N-dealkylation sites (tertiary alicyclic amines) is 1. The van der Waals surface area contributed by atoms with Crippen molar-refractivity contribution in [3.05, 3.63) is 11.4 Å². The van der Waals surface area contributed by atoms with Gasteiger partial charge in [0.2, 0.25) is 0 Å². The van der Waals surface area contributed by atoms with Crippen LogP contribution < -0.4 is 0 Å². The van der Waals surface area contributed by atoms with Gasteiger partial charge < -0.3 is 9.64 Å². The lowest BCUT2D eigenvalue weighted by molar-refractivity contribution is 0.0591. The van der Waals surface area contributed by atoms with Gasteiger partial charge in [-0.25, -0.2) is 4.79 Å². The summed E-state index contributed by atoms with van der Waals surface area (Å²) in [6.45, 7) is 2.05. The predicted molar refractivity (Wildman–Crippen MR) is 57.2 cm³/mol. The topological polar surface area (TPSA) is 71.1 Å². The van der Waals surface area contributed by atoms with Crippen molar-refractivity contribution in [1.82, 2.24) is 20.3 Å². The average molecular weight is 224 g/mol. The van der Waals surface area contributed by atoms with Gasteiger partial charge in [-0.1, -0.05) is 0 Å². The molecule has 6 nitrogen and oxygen atoms in total. The van der Waals surface area contributed by atoms with Crippen LogP contribution in [0.4, 0.5) is 0 Å². The number of nitrogens with one attached hydrogen (secondary N) is 1. The van der Waals surface area contributed by atoms with Gasteiger partial charge in [0.25, 0.3) is 0 Å². The summed E-state index contributed by atoms with van der Waals surface area (Å²) in [7, 11) is 3.45. The van der Waals surface area contributed by atoms with Gasteiger partial charge in [-0.05, 0) is 33.0 Å². The van der Waals surface area contributed by atoms with Gasteiger partial charge in [0.05, 0.1) is 7.11 Å². The minimum atomic E-state index is -0.414. The Balaban J connectivity index is 2.14. The van der Waals surface area contributed by atoms with E-state index >= 15 is 0 Å². The lowest BCUT2D eigenvalue weighted by Gasteiger charge is -2.27. The Morgan fingerprint density at radius 3 is 2.75 bits per heavy atom. The first kappa shape index (κ1) is 11.1. The zero-order valence-electron chi connectivity index (χ0n) is 9.56. The van der Waals surface area contributed by atoms with Crippen molar-refractivity contribution in [2.24, 2.45) is 0 Å². The van der Waals surface area contributed by atoms with Crippen LogP contribution in [-0.2, 0) is 4.74 Å². The molecule has 1 fully saturated rings. The van der Waals surface area contributed by atoms with Crippen LogP contribution >= 0.6 is 0 Å². The van der Waals surface area contributed by atoms with Gasteiger partial charge >= 0.3 is 5.97 Å². The Hall–Kier alpha value is -1.43. The third kappa shape index (κ3) is 2.06. The molecule has 1 aliphatic rings. The largest absolute Gasteiger partial charge is 0.464 e. The Morgan fingerprint density at radius 1 is 1.44 bits per heavy atom. The second-order valence-electron chi connectivity index (χ2n) is 4.13. The molecule has 0 aliphatic carbocycles. The van der Waals surface area contributed by atoms with Gasteiger partial charge in [0, 0.05) is 5.92 Å². The number of carbonyl (C=O) groups excluding carboxylic acids is 1. The van der Waals surface area contributed by atoms with Gasteiger partial charge in [0.1, 0.15) is 5.69 Å². The zero-order valence-corrected chi connectivity index (χ0v) is 9.56. The number of carbonyl (C=O) groups is 1. The van der Waals surface area contributed by atoms with E-state index in [0.717, 1.165) is 31.6 Å². The molecule has 0 bridgehead atoms. The van der Waals surface area contributed by atoms with E-state index in [2.05, 4.69) is 32.1 Å². The van der Waals surface area contributed by atoms with Crippen LogP contribution in [0, 0.1) is 0 Å². The lowest BCUT2D eigenvalue weighted by Crippen LogP contribution is -2.30. The lowest BCUT2D eigenvalue weighted by atomic mass is 9.92. The Labute approximate surface area is 94.0 Å². The van der Waals surface area contributed by atoms with Crippen LogP contribution in [0.25, 0.3) is 0 Å². The molecular formula is C10H16N4O2. The number of aromatic amines is 1. The zero-order chi connectivity index (χ0) is 11.5. The van der Waals surface area contributed by atoms with Gasteiger partial charge in [0.15, 0.2) is 5.69 Å². The second-order valence-corrected chi connectivity index (χ2v) is 4.13. The molecule has 0 aromatic carbocycles. The molecule has 0 saturated carbocycles. The highest BCUT2D eigenvalue weighted by Crippen LogP contribution is 2.27. The summed E-state index contributed by atoms with van der Waals surface area (Å²) in [5.41, 5.74) is 1.08. The second kappa shape index (κ2) is 4.61. The molecule has 6 heteroatoms. The summed E-state index contributed by atoms with van der Waals surface area (Å²) in [5, 5.41) is 10.4. The fourth-order valence-electron chi connectivity index (χ4n) is 2.05. The standard InChI is InChI=1S/C10H16N4O2/c1-14-5-3-7(4-6-14)8-9(10(15)16-2)12-13-11-8/h7H,3-6H2,1-2H3,(H,11,12,13). The van der Waals surface area contributed by atoms with Crippen LogP contribution in [-0.4, -0.2) is 53.5 Å². The van der Waals surface area contributed by atoms with E-state index in [1.165, 1.54) is 7.11 Å². The number of hydrogen-bond donors (Lipinski definition) is 1. The quantitative estimate of drug-likeness (QED) is 0.736. The molecule has 1 N–H and O–H groups in total. The SMILES string of the molecule is COC(=O)c1n[nH]nc1C1CCN(C)CC1. The van der Waals surface area contributed by atoms with Crippen molar-refractivity contribution in [3.63, 3.8) is 0 Å². The first-order valence-corrected chi connectivity index (χ1v) is 5.40. The van der Waals surface area contributed by atoms with Crippen LogP contribution in [0.5, 0.6) is 0 Å². The highest BCUT2D eigenvalue weighted by atomic mass is 16.5. The van der Waals surface area contributed by atoms with Crippen molar-refractivity contribution in [3.8, 4) is 0 Å². The Morgan fingerprint density at radius 2 is 2.12 bits per heavy atom. The van der Waals surface area contributed by atoms with Crippen LogP contribution in [0.1, 0.15) is 34.9 Å². The fraction of sp³-hybridized carbons (Fsp3) is 0.700. The molecule has 1 saturated heterocycles. The monoisotopic (exact) mass is 224 g/mol. The summed E-state index contributed by atoms with van der Waals surface area (Å²) >= 11 is 0. The summed E-state index contributed by atoms with van der Waals surface area (Å²) in [6.07, 6.45) is 2.01. The number of hydrogen-bond acceptors (Lipinski definition) is 5. The predicted octanol–water partition coefficient (Wildman–Crippen LogP) is 0.400. The fourth-order valence-corrected chi connectivity index (χ4v) is 2.05. The van der Waals surface area contributed by atoms with E-state index in [1.54, 1.807) is 0 Å². The normalized spacial score (nSPS) is 18.6. The molecule has 0 radical (unpaired) electrons. The molecule has 16 heavy (non-hydrogen) atoms. The molecule has 2 rings (SSSR count). The minimum Gasteiger partial charge on any atom is -0.464 e. The van der Waals surface area contributed by atoms with Gasteiger partial charge in [-0.3, -0.25) is 0 Å². The molecule has 1 aromatic rings. The van der Waals surface area contributed by atoms with Crippen molar-refractivity contribution in [1.29, 1.82) is 0 Å². The molecule has 0 atom stereocenters. The number of aromatic nitrogens is 3. The molecule has 0 amide bonds. The van der Waals surface area contributed by atoms with Gasteiger partial charge in [-0.2, -0.15) is 10.3 Å². The highest BCUT2D eigenvalue weighted by Gasteiger charge is 2.27. The maximum absolute atomic E-state index is 11.4. The van der Waals surface area contributed by atoms with E-state index in [9.17, 15) is 4.79 Å². The van der Waals surface area contributed by atoms with Gasteiger partial charge in [-0.15, -0.1) is 5.10 Å². The summed E-state index contributed by atoms with van der Waals surface area (Å²) in [4.78, 5) is 13.7. The van der Waals surface area contributed by atoms with Crippen molar-refractivity contribution in [2.75, 3.05) is 27.2 Å². The molecule has 88 valence electrons. The maximum atomic E-state index is 11.4. The van der Waals surface area contributed by atoms with Crippen LogP contribution in [0.15, 0.2) is 0 Å². The number of piperidine rings is 1. The maximum Gasteiger partial charge on any atom is 0.360 e. The average Bonchev–Trinajstić information content (AvgIpc) is 2.78. The first-order chi connectivity index (χ1) is 7.72. The van der Waals surface area contributed by atoms with Crippen LogP contribution in [0.3, 0.4) is 0 Å². The number of esters is 1. The molecule has 0 spiro atoms. The molecule has 1 aliphatic heterocycles.